The van der Waals surface area contributed by atoms with E-state index in [1.807, 2.05) is 0 Å². The summed E-state index contributed by atoms with van der Waals surface area (Å²) >= 11 is 0. The zero-order valence-corrected chi connectivity index (χ0v) is 11.8. The monoisotopic (exact) mass is 280 g/mol. The van der Waals surface area contributed by atoms with E-state index in [2.05, 4.69) is 25.5 Å². The molecule has 110 valence electrons. The highest BCUT2D eigenvalue weighted by atomic mass is 16.6. The van der Waals surface area contributed by atoms with Crippen molar-refractivity contribution in [1.29, 1.82) is 0 Å². The summed E-state index contributed by atoms with van der Waals surface area (Å²) < 4.78 is 0. The number of nitrogens with one attached hydrogen (secondary N) is 2. The third kappa shape index (κ3) is 3.32. The molecule has 0 spiro atoms. The molecule has 1 saturated heterocycles. The molecular formula is C12H20N6O2. The molecule has 1 aliphatic rings. The average Bonchev–Trinajstić information content (AvgIpc) is 2.90. The maximum Gasteiger partial charge on any atom is 0.332 e. The van der Waals surface area contributed by atoms with Crippen LogP contribution >= 0.6 is 0 Å². The fourth-order valence-corrected chi connectivity index (χ4v) is 2.36. The molecule has 1 aliphatic heterocycles. The van der Waals surface area contributed by atoms with Crippen molar-refractivity contribution in [3.63, 3.8) is 0 Å². The molecule has 8 heteroatoms. The Balaban J connectivity index is 2.07. The Bertz CT molecular complexity index is 487. The smallest absolute Gasteiger partial charge is 0.332 e. The van der Waals surface area contributed by atoms with Gasteiger partial charge >= 0.3 is 5.69 Å². The van der Waals surface area contributed by atoms with Crippen LogP contribution in [0.4, 0.5) is 17.5 Å². The third-order valence-electron chi connectivity index (χ3n) is 3.38. The number of hydrogen-bond donors (Lipinski definition) is 2. The number of nitrogens with zero attached hydrogens (tertiary/aromatic N) is 4. The summed E-state index contributed by atoms with van der Waals surface area (Å²) in [6.07, 6.45) is 2.47. The second kappa shape index (κ2) is 6.47. The molecule has 0 saturated carbocycles. The minimum absolute atomic E-state index is 0.0505. The average molecular weight is 280 g/mol. The van der Waals surface area contributed by atoms with Crippen LogP contribution in [-0.2, 0) is 0 Å². The molecule has 0 aliphatic carbocycles. The van der Waals surface area contributed by atoms with E-state index >= 15 is 0 Å². The highest BCUT2D eigenvalue weighted by Gasteiger charge is 2.22. The van der Waals surface area contributed by atoms with Crippen LogP contribution in [0.3, 0.4) is 0 Å². The quantitative estimate of drug-likeness (QED) is 0.597. The van der Waals surface area contributed by atoms with E-state index in [0.717, 1.165) is 19.6 Å². The number of aryl methyl sites for hydroxylation is 1. The number of hydrogen-bond acceptors (Lipinski definition) is 7. The molecule has 0 radical (unpaired) electrons. The van der Waals surface area contributed by atoms with Gasteiger partial charge in [0.25, 0.3) is 0 Å². The summed E-state index contributed by atoms with van der Waals surface area (Å²) in [5, 5.41) is 17.0. The topological polar surface area (TPSA) is 96.2 Å². The Kier molecular flexibility index (Phi) is 4.67. The lowest BCUT2D eigenvalue weighted by molar-refractivity contribution is -0.385. The van der Waals surface area contributed by atoms with Crippen molar-refractivity contribution >= 4 is 17.5 Å². The maximum absolute atomic E-state index is 11.1. The molecular weight excluding hydrogens is 260 g/mol. The van der Waals surface area contributed by atoms with E-state index in [0.29, 0.717) is 18.2 Å². The fraction of sp³-hybridized carbons (Fsp3) is 0.667. The summed E-state index contributed by atoms with van der Waals surface area (Å²) in [5.41, 5.74) is 0.309. The Labute approximate surface area is 117 Å². The van der Waals surface area contributed by atoms with Crippen molar-refractivity contribution in [2.45, 2.75) is 19.8 Å². The van der Waals surface area contributed by atoms with Crippen LogP contribution in [0.5, 0.6) is 0 Å². The van der Waals surface area contributed by atoms with Crippen LogP contribution in [-0.4, -0.2) is 53.0 Å². The first-order chi connectivity index (χ1) is 9.61. The van der Waals surface area contributed by atoms with Crippen LogP contribution in [0, 0.1) is 17.0 Å². The van der Waals surface area contributed by atoms with Gasteiger partial charge in [-0.15, -0.1) is 0 Å². The Morgan fingerprint density at radius 1 is 1.35 bits per heavy atom. The molecule has 0 atom stereocenters. The van der Waals surface area contributed by atoms with Crippen molar-refractivity contribution in [3.8, 4) is 0 Å². The van der Waals surface area contributed by atoms with E-state index in [1.54, 1.807) is 14.0 Å². The molecule has 1 aromatic rings. The molecule has 0 aromatic carbocycles. The first-order valence-corrected chi connectivity index (χ1v) is 6.79. The van der Waals surface area contributed by atoms with Crippen LogP contribution in [0.15, 0.2) is 0 Å². The van der Waals surface area contributed by atoms with Crippen molar-refractivity contribution in [2.24, 2.45) is 0 Å². The van der Waals surface area contributed by atoms with Gasteiger partial charge < -0.3 is 15.5 Å². The largest absolute Gasteiger partial charge is 0.363 e. The summed E-state index contributed by atoms with van der Waals surface area (Å²) in [5.74, 6) is 0.669. The third-order valence-corrected chi connectivity index (χ3v) is 3.38. The van der Waals surface area contributed by atoms with Crippen molar-refractivity contribution < 1.29 is 4.92 Å². The molecule has 0 bridgehead atoms. The molecule has 20 heavy (non-hydrogen) atoms. The number of likely N-dealkylation sites (tertiary alicyclic amines) is 1. The van der Waals surface area contributed by atoms with Gasteiger partial charge in [-0.1, -0.05) is 0 Å². The van der Waals surface area contributed by atoms with Crippen molar-refractivity contribution in [2.75, 3.05) is 43.9 Å². The van der Waals surface area contributed by atoms with Gasteiger partial charge in [-0.2, -0.15) is 4.98 Å². The predicted molar refractivity (Wildman–Crippen MR) is 77.1 cm³/mol. The minimum Gasteiger partial charge on any atom is -0.363 e. The fourth-order valence-electron chi connectivity index (χ4n) is 2.36. The van der Waals surface area contributed by atoms with Gasteiger partial charge in [0.15, 0.2) is 0 Å². The highest BCUT2D eigenvalue weighted by Crippen LogP contribution is 2.26. The second-order valence-corrected chi connectivity index (χ2v) is 4.81. The molecule has 1 fully saturated rings. The van der Waals surface area contributed by atoms with E-state index in [-0.39, 0.29) is 11.5 Å². The lowest BCUT2D eigenvalue weighted by Gasteiger charge is -2.15. The summed E-state index contributed by atoms with van der Waals surface area (Å²) in [7, 11) is 1.69. The highest BCUT2D eigenvalue weighted by molar-refractivity contribution is 5.60. The van der Waals surface area contributed by atoms with Crippen molar-refractivity contribution in [3.05, 3.63) is 15.8 Å². The lowest BCUT2D eigenvalue weighted by atomic mass is 10.3. The standard InChI is InChI=1S/C12H20N6O2/c1-9-10(18(19)20)11(16-12(13-2)15-9)14-5-8-17-6-3-4-7-17/h3-8H2,1-2H3,(H2,13,14,15,16). The molecule has 1 aromatic heterocycles. The predicted octanol–water partition coefficient (Wildman–Crippen LogP) is 1.24. The van der Waals surface area contributed by atoms with Gasteiger partial charge in [0.2, 0.25) is 11.8 Å². The van der Waals surface area contributed by atoms with Gasteiger partial charge in [-0.25, -0.2) is 4.98 Å². The van der Waals surface area contributed by atoms with Gasteiger partial charge in [-0.05, 0) is 32.9 Å². The van der Waals surface area contributed by atoms with E-state index in [9.17, 15) is 10.1 Å². The molecule has 2 N–H and O–H groups in total. The zero-order valence-electron chi connectivity index (χ0n) is 11.8. The molecule has 2 rings (SSSR count). The summed E-state index contributed by atoms with van der Waals surface area (Å²) in [6.45, 7) is 5.34. The van der Waals surface area contributed by atoms with E-state index in [4.69, 9.17) is 0 Å². The Morgan fingerprint density at radius 3 is 2.65 bits per heavy atom. The maximum atomic E-state index is 11.1. The number of anilines is 2. The van der Waals surface area contributed by atoms with Crippen LogP contribution in [0.2, 0.25) is 0 Å². The van der Waals surface area contributed by atoms with Gasteiger partial charge in [0.05, 0.1) is 4.92 Å². The summed E-state index contributed by atoms with van der Waals surface area (Å²) in [6, 6.07) is 0. The first kappa shape index (κ1) is 14.4. The molecule has 8 nitrogen and oxygen atoms in total. The van der Waals surface area contributed by atoms with Crippen LogP contribution in [0.1, 0.15) is 18.5 Å². The van der Waals surface area contributed by atoms with E-state index < -0.39 is 4.92 Å². The van der Waals surface area contributed by atoms with Crippen LogP contribution in [0.25, 0.3) is 0 Å². The molecule has 0 unspecified atom stereocenters. The zero-order chi connectivity index (χ0) is 14.5. The lowest BCUT2D eigenvalue weighted by Crippen LogP contribution is -2.26. The minimum atomic E-state index is -0.438. The number of aromatic nitrogens is 2. The Morgan fingerprint density at radius 2 is 2.05 bits per heavy atom. The van der Waals surface area contributed by atoms with Crippen LogP contribution < -0.4 is 10.6 Å². The van der Waals surface area contributed by atoms with Gasteiger partial charge in [0.1, 0.15) is 5.69 Å². The van der Waals surface area contributed by atoms with Crippen molar-refractivity contribution in [1.82, 2.24) is 14.9 Å². The van der Waals surface area contributed by atoms with E-state index in [1.165, 1.54) is 12.8 Å². The molecule has 2 heterocycles. The van der Waals surface area contributed by atoms with Gasteiger partial charge in [0, 0.05) is 20.1 Å². The SMILES string of the molecule is CNc1nc(C)c([N+](=O)[O-])c(NCCN2CCCC2)n1. The number of rotatable bonds is 6. The number of nitro groups is 1. The molecule has 0 amide bonds. The summed E-state index contributed by atoms with van der Waals surface area (Å²) in [4.78, 5) is 21.2. The first-order valence-electron chi connectivity index (χ1n) is 6.79. The Hall–Kier alpha value is -1.96. The van der Waals surface area contributed by atoms with Gasteiger partial charge in [-0.3, -0.25) is 10.1 Å². The normalized spacial score (nSPS) is 15.3. The second-order valence-electron chi connectivity index (χ2n) is 4.81.